The minimum absolute atomic E-state index is 0.0965. The Labute approximate surface area is 85.2 Å². The molecular formula is C10H19N2O2-. The van der Waals surface area contributed by atoms with Crippen molar-refractivity contribution in [1.82, 2.24) is 10.4 Å². The first-order valence-corrected chi connectivity index (χ1v) is 5.43. The molecule has 0 bridgehead atoms. The van der Waals surface area contributed by atoms with E-state index in [1.165, 1.54) is 12.8 Å². The van der Waals surface area contributed by atoms with Gasteiger partial charge >= 0.3 is 0 Å². The quantitative estimate of drug-likeness (QED) is 0.655. The first-order chi connectivity index (χ1) is 6.72. The van der Waals surface area contributed by atoms with Crippen molar-refractivity contribution in [2.75, 3.05) is 13.1 Å². The number of amides is 1. The molecule has 1 aliphatic rings. The number of hydrogen-bond acceptors (Lipinski definition) is 3. The van der Waals surface area contributed by atoms with Gasteiger partial charge in [0, 0.05) is 19.5 Å². The summed E-state index contributed by atoms with van der Waals surface area (Å²) >= 11 is 0. The second-order valence-corrected chi connectivity index (χ2v) is 3.92. The van der Waals surface area contributed by atoms with Crippen LogP contribution in [0.1, 0.15) is 39.0 Å². The zero-order chi connectivity index (χ0) is 10.4. The molecule has 0 radical (unpaired) electrons. The molecule has 82 valence electrons. The van der Waals surface area contributed by atoms with Crippen molar-refractivity contribution in [1.29, 1.82) is 0 Å². The van der Waals surface area contributed by atoms with Crippen LogP contribution in [0.5, 0.6) is 0 Å². The van der Waals surface area contributed by atoms with Gasteiger partial charge in [0.05, 0.1) is 6.04 Å². The van der Waals surface area contributed by atoms with Crippen molar-refractivity contribution in [2.45, 2.75) is 45.1 Å². The van der Waals surface area contributed by atoms with Gasteiger partial charge in [-0.25, -0.2) is 0 Å². The predicted molar refractivity (Wildman–Crippen MR) is 55.6 cm³/mol. The predicted octanol–water partition coefficient (Wildman–Crippen LogP) is 1.25. The van der Waals surface area contributed by atoms with E-state index in [9.17, 15) is 10.0 Å². The SMILES string of the molecule is CCCCCCC(=O)NC1CN([O-])C1. The van der Waals surface area contributed by atoms with Crippen LogP contribution in [-0.4, -0.2) is 30.1 Å². The third-order valence-corrected chi connectivity index (χ3v) is 2.47. The zero-order valence-electron chi connectivity index (χ0n) is 8.79. The molecule has 1 heterocycles. The van der Waals surface area contributed by atoms with Gasteiger partial charge in [-0.3, -0.25) is 4.79 Å². The molecule has 0 aromatic heterocycles. The van der Waals surface area contributed by atoms with Gasteiger partial charge in [-0.15, -0.1) is 0 Å². The minimum Gasteiger partial charge on any atom is -0.785 e. The van der Waals surface area contributed by atoms with E-state index in [-0.39, 0.29) is 11.9 Å². The molecule has 1 aliphatic heterocycles. The molecule has 0 saturated carbocycles. The first kappa shape index (κ1) is 11.5. The minimum atomic E-state index is 0.0965. The van der Waals surface area contributed by atoms with E-state index in [1.807, 2.05) is 0 Å². The number of unbranched alkanes of at least 4 members (excludes halogenated alkanes) is 3. The highest BCUT2D eigenvalue weighted by molar-refractivity contribution is 5.76. The third-order valence-electron chi connectivity index (χ3n) is 2.47. The van der Waals surface area contributed by atoms with Crippen LogP contribution in [0.25, 0.3) is 0 Å². The Kier molecular flexibility index (Phi) is 4.90. The third kappa shape index (κ3) is 4.07. The van der Waals surface area contributed by atoms with Crippen molar-refractivity contribution in [2.24, 2.45) is 0 Å². The second kappa shape index (κ2) is 5.98. The second-order valence-electron chi connectivity index (χ2n) is 3.92. The highest BCUT2D eigenvalue weighted by Gasteiger charge is 2.20. The number of nitrogens with zero attached hydrogens (tertiary/aromatic N) is 1. The van der Waals surface area contributed by atoms with E-state index in [1.54, 1.807) is 0 Å². The molecule has 0 atom stereocenters. The molecule has 1 saturated heterocycles. The lowest BCUT2D eigenvalue weighted by Crippen LogP contribution is -2.56. The lowest BCUT2D eigenvalue weighted by molar-refractivity contribution is -0.122. The average molecular weight is 199 g/mol. The van der Waals surface area contributed by atoms with Crippen LogP contribution in [0.4, 0.5) is 0 Å². The number of carbonyl (C=O) groups excluding carboxylic acids is 1. The van der Waals surface area contributed by atoms with Crippen LogP contribution in [0.2, 0.25) is 0 Å². The Balaban J connectivity index is 1.94. The number of rotatable bonds is 6. The standard InChI is InChI=1S/C10H19N2O2/c1-2-3-4-5-6-10(13)11-9-7-12(14)8-9/h9H,2-8H2,1H3,(H,11,13)/q-1. The number of carbonyl (C=O) groups is 1. The Morgan fingerprint density at radius 2 is 2.14 bits per heavy atom. The molecule has 0 unspecified atom stereocenters. The van der Waals surface area contributed by atoms with Crippen LogP contribution in [-0.2, 0) is 4.79 Å². The van der Waals surface area contributed by atoms with Gasteiger partial charge in [0.15, 0.2) is 0 Å². The van der Waals surface area contributed by atoms with E-state index >= 15 is 0 Å². The number of hydrogen-bond donors (Lipinski definition) is 1. The molecule has 0 aliphatic carbocycles. The average Bonchev–Trinajstić information content (AvgIpc) is 2.10. The van der Waals surface area contributed by atoms with Crippen molar-refractivity contribution < 1.29 is 4.79 Å². The van der Waals surface area contributed by atoms with Crippen molar-refractivity contribution in [3.05, 3.63) is 5.21 Å². The van der Waals surface area contributed by atoms with Gasteiger partial charge in [0.25, 0.3) is 0 Å². The summed E-state index contributed by atoms with van der Waals surface area (Å²) in [7, 11) is 0. The van der Waals surface area contributed by atoms with Gasteiger partial charge < -0.3 is 15.6 Å². The highest BCUT2D eigenvalue weighted by Crippen LogP contribution is 2.06. The summed E-state index contributed by atoms with van der Waals surface area (Å²) in [5, 5.41) is 14.4. The maximum absolute atomic E-state index is 11.3. The molecule has 0 aromatic rings. The van der Waals surface area contributed by atoms with E-state index < -0.39 is 0 Å². The van der Waals surface area contributed by atoms with Crippen LogP contribution in [0, 0.1) is 5.21 Å². The Morgan fingerprint density at radius 3 is 2.71 bits per heavy atom. The summed E-state index contributed by atoms with van der Waals surface area (Å²) in [5.74, 6) is 0.0965. The first-order valence-electron chi connectivity index (χ1n) is 5.43. The fourth-order valence-corrected chi connectivity index (χ4v) is 1.54. The molecule has 4 heteroatoms. The lowest BCUT2D eigenvalue weighted by Gasteiger charge is -2.44. The molecular weight excluding hydrogens is 180 g/mol. The van der Waals surface area contributed by atoms with Crippen molar-refractivity contribution in [3.63, 3.8) is 0 Å². The van der Waals surface area contributed by atoms with Gasteiger partial charge in [-0.2, -0.15) is 0 Å². The Hall–Kier alpha value is -0.610. The van der Waals surface area contributed by atoms with Gasteiger partial charge in [0.2, 0.25) is 5.91 Å². The van der Waals surface area contributed by atoms with Gasteiger partial charge in [-0.05, 0) is 6.42 Å². The summed E-state index contributed by atoms with van der Waals surface area (Å²) in [6.07, 6.45) is 5.09. The maximum atomic E-state index is 11.3. The van der Waals surface area contributed by atoms with E-state index in [0.29, 0.717) is 19.5 Å². The summed E-state index contributed by atoms with van der Waals surface area (Å²) in [4.78, 5) is 11.3. The van der Waals surface area contributed by atoms with Gasteiger partial charge in [0.1, 0.15) is 0 Å². The zero-order valence-corrected chi connectivity index (χ0v) is 8.79. The molecule has 4 nitrogen and oxygen atoms in total. The summed E-state index contributed by atoms with van der Waals surface area (Å²) in [5.41, 5.74) is 0. The smallest absolute Gasteiger partial charge is 0.220 e. The summed E-state index contributed by atoms with van der Waals surface area (Å²) < 4.78 is 0. The van der Waals surface area contributed by atoms with Crippen LogP contribution in [0.15, 0.2) is 0 Å². The monoisotopic (exact) mass is 199 g/mol. The summed E-state index contributed by atoms with van der Waals surface area (Å²) in [6, 6.07) is 0.103. The summed E-state index contributed by atoms with van der Waals surface area (Å²) in [6.45, 7) is 3.07. The van der Waals surface area contributed by atoms with Crippen LogP contribution >= 0.6 is 0 Å². The van der Waals surface area contributed by atoms with Crippen LogP contribution < -0.4 is 5.32 Å². The Morgan fingerprint density at radius 1 is 1.43 bits per heavy atom. The molecule has 0 spiro atoms. The fraction of sp³-hybridized carbons (Fsp3) is 0.900. The van der Waals surface area contributed by atoms with Gasteiger partial charge in [-0.1, -0.05) is 26.2 Å². The van der Waals surface area contributed by atoms with Crippen molar-refractivity contribution in [3.8, 4) is 0 Å². The van der Waals surface area contributed by atoms with E-state index in [4.69, 9.17) is 0 Å². The molecule has 1 fully saturated rings. The molecule has 1 amide bonds. The highest BCUT2D eigenvalue weighted by atomic mass is 16.5. The van der Waals surface area contributed by atoms with E-state index in [2.05, 4.69) is 12.2 Å². The molecule has 1 N–H and O–H groups in total. The number of hydroxylamine groups is 2. The molecule has 14 heavy (non-hydrogen) atoms. The van der Waals surface area contributed by atoms with Crippen molar-refractivity contribution >= 4 is 5.91 Å². The molecule has 1 rings (SSSR count). The topological polar surface area (TPSA) is 55.4 Å². The maximum Gasteiger partial charge on any atom is 0.220 e. The van der Waals surface area contributed by atoms with E-state index in [0.717, 1.165) is 17.9 Å². The fourth-order valence-electron chi connectivity index (χ4n) is 1.54. The largest absolute Gasteiger partial charge is 0.785 e. The lowest BCUT2D eigenvalue weighted by atomic mass is 10.1. The number of nitrogens with one attached hydrogen (secondary N) is 1. The normalized spacial score (nSPS) is 17.9. The molecule has 0 aromatic carbocycles. The Bertz CT molecular complexity index is 179. The van der Waals surface area contributed by atoms with Crippen LogP contribution in [0.3, 0.4) is 0 Å².